The van der Waals surface area contributed by atoms with Gasteiger partial charge < -0.3 is 14.1 Å². The molecule has 1 aromatic carbocycles. The average molecular weight is 369 g/mol. The maximum Gasteiger partial charge on any atom is 0.309 e. The van der Waals surface area contributed by atoms with E-state index in [9.17, 15) is 9.59 Å². The first-order chi connectivity index (χ1) is 13.2. The van der Waals surface area contributed by atoms with Crippen LogP contribution in [0.2, 0.25) is 0 Å². The lowest BCUT2D eigenvalue weighted by Crippen LogP contribution is -2.43. The normalized spacial score (nSPS) is 22.6. The Balaban J connectivity index is 1.52. The SMILES string of the molecule is CCOC(=O)[C@@H]1C[C@@H]1CN(C(=O)c1cc2ccccc2o1)C1CCCCC1. The monoisotopic (exact) mass is 369 g/mol. The lowest BCUT2D eigenvalue weighted by Gasteiger charge is -2.34. The predicted octanol–water partition coefficient (Wildman–Crippen LogP) is 4.41. The van der Waals surface area contributed by atoms with Crippen molar-refractivity contribution in [1.82, 2.24) is 4.90 Å². The number of hydrogen-bond acceptors (Lipinski definition) is 4. The number of furan rings is 1. The van der Waals surface area contributed by atoms with Crippen molar-refractivity contribution in [1.29, 1.82) is 0 Å². The molecule has 0 bridgehead atoms. The Bertz CT molecular complexity index is 788. The number of esters is 1. The highest BCUT2D eigenvalue weighted by atomic mass is 16.5. The number of carbonyl (C=O) groups is 2. The van der Waals surface area contributed by atoms with E-state index in [1.165, 1.54) is 6.42 Å². The molecule has 0 aliphatic heterocycles. The second-order valence-electron chi connectivity index (χ2n) is 7.75. The van der Waals surface area contributed by atoms with E-state index in [-0.39, 0.29) is 29.8 Å². The molecular formula is C22H27NO4. The van der Waals surface area contributed by atoms with Crippen LogP contribution in [0.5, 0.6) is 0 Å². The van der Waals surface area contributed by atoms with E-state index >= 15 is 0 Å². The molecule has 5 heteroatoms. The van der Waals surface area contributed by atoms with Crippen molar-refractivity contribution in [3.05, 3.63) is 36.1 Å². The van der Waals surface area contributed by atoms with Gasteiger partial charge in [0, 0.05) is 18.0 Å². The Labute approximate surface area is 159 Å². The quantitative estimate of drug-likeness (QED) is 0.708. The van der Waals surface area contributed by atoms with Crippen LogP contribution in [0.1, 0.15) is 56.0 Å². The van der Waals surface area contributed by atoms with E-state index in [0.717, 1.165) is 43.1 Å². The van der Waals surface area contributed by atoms with Crippen LogP contribution in [0.25, 0.3) is 11.0 Å². The van der Waals surface area contributed by atoms with Crippen LogP contribution in [0, 0.1) is 11.8 Å². The van der Waals surface area contributed by atoms with E-state index < -0.39 is 0 Å². The molecule has 1 amide bonds. The van der Waals surface area contributed by atoms with Crippen LogP contribution in [-0.4, -0.2) is 36.0 Å². The number of hydrogen-bond donors (Lipinski definition) is 0. The zero-order valence-corrected chi connectivity index (χ0v) is 15.9. The molecule has 4 rings (SSSR count). The third kappa shape index (κ3) is 3.87. The zero-order valence-electron chi connectivity index (χ0n) is 15.9. The van der Waals surface area contributed by atoms with Gasteiger partial charge in [-0.15, -0.1) is 0 Å². The summed E-state index contributed by atoms with van der Waals surface area (Å²) in [5.41, 5.74) is 0.736. The van der Waals surface area contributed by atoms with Gasteiger partial charge in [-0.2, -0.15) is 0 Å². The summed E-state index contributed by atoms with van der Waals surface area (Å²) in [5.74, 6) is 0.379. The molecule has 144 valence electrons. The number of fused-ring (bicyclic) bond motifs is 1. The average Bonchev–Trinajstić information content (AvgIpc) is 3.34. The first kappa shape index (κ1) is 18.1. The Morgan fingerprint density at radius 2 is 1.96 bits per heavy atom. The molecule has 2 aliphatic carbocycles. The summed E-state index contributed by atoms with van der Waals surface area (Å²) in [5, 5.41) is 0.945. The van der Waals surface area contributed by atoms with E-state index in [4.69, 9.17) is 9.15 Å². The Hall–Kier alpha value is -2.30. The minimum Gasteiger partial charge on any atom is -0.466 e. The summed E-state index contributed by atoms with van der Waals surface area (Å²) in [7, 11) is 0. The van der Waals surface area contributed by atoms with Crippen LogP contribution in [0.3, 0.4) is 0 Å². The molecule has 1 heterocycles. The van der Waals surface area contributed by atoms with Gasteiger partial charge in [0.2, 0.25) is 0 Å². The smallest absolute Gasteiger partial charge is 0.309 e. The van der Waals surface area contributed by atoms with Gasteiger partial charge in [0.15, 0.2) is 5.76 Å². The molecule has 27 heavy (non-hydrogen) atoms. The molecular weight excluding hydrogens is 342 g/mol. The lowest BCUT2D eigenvalue weighted by atomic mass is 9.93. The fraction of sp³-hybridized carbons (Fsp3) is 0.545. The molecule has 2 fully saturated rings. The summed E-state index contributed by atoms with van der Waals surface area (Å²) < 4.78 is 11.0. The van der Waals surface area contributed by atoms with Crippen LogP contribution >= 0.6 is 0 Å². The van der Waals surface area contributed by atoms with Gasteiger partial charge in [-0.05, 0) is 44.2 Å². The molecule has 1 aromatic heterocycles. The van der Waals surface area contributed by atoms with E-state index in [1.807, 2.05) is 42.2 Å². The standard InChI is InChI=1S/C22H27NO4/c1-2-26-22(25)18-12-16(18)14-23(17-9-4-3-5-10-17)21(24)20-13-15-8-6-7-11-19(15)27-20/h6-8,11,13,16-18H,2-5,9-10,12,14H2,1H3/t16-,18-/m1/s1. The first-order valence-electron chi connectivity index (χ1n) is 10.1. The molecule has 0 radical (unpaired) electrons. The fourth-order valence-electron chi connectivity index (χ4n) is 4.26. The zero-order chi connectivity index (χ0) is 18.8. The van der Waals surface area contributed by atoms with E-state index in [2.05, 4.69) is 0 Å². The summed E-state index contributed by atoms with van der Waals surface area (Å²) >= 11 is 0. The number of carbonyl (C=O) groups excluding carboxylic acids is 2. The van der Waals surface area contributed by atoms with Crippen LogP contribution in [0.4, 0.5) is 0 Å². The largest absolute Gasteiger partial charge is 0.466 e. The molecule has 2 aromatic rings. The number of benzene rings is 1. The molecule has 2 saturated carbocycles. The van der Waals surface area contributed by atoms with E-state index in [0.29, 0.717) is 18.9 Å². The maximum atomic E-state index is 13.3. The van der Waals surface area contributed by atoms with Gasteiger partial charge in [-0.1, -0.05) is 37.5 Å². The van der Waals surface area contributed by atoms with Crippen LogP contribution in [-0.2, 0) is 9.53 Å². The molecule has 5 nitrogen and oxygen atoms in total. The first-order valence-corrected chi connectivity index (χ1v) is 10.1. The minimum atomic E-state index is -0.123. The molecule has 0 N–H and O–H groups in total. The maximum absolute atomic E-state index is 13.3. The van der Waals surface area contributed by atoms with Crippen LogP contribution in [0.15, 0.2) is 34.7 Å². The lowest BCUT2D eigenvalue weighted by molar-refractivity contribution is -0.145. The summed E-state index contributed by atoms with van der Waals surface area (Å²) in [6.07, 6.45) is 6.42. The van der Waals surface area contributed by atoms with Crippen molar-refractivity contribution in [2.45, 2.75) is 51.5 Å². The highest BCUT2D eigenvalue weighted by Gasteiger charge is 2.46. The number of amides is 1. The van der Waals surface area contributed by atoms with Gasteiger partial charge in [0.1, 0.15) is 5.58 Å². The van der Waals surface area contributed by atoms with Gasteiger partial charge in [0.05, 0.1) is 12.5 Å². The number of ether oxygens (including phenoxy) is 1. The van der Waals surface area contributed by atoms with Crippen LogP contribution < -0.4 is 0 Å². The molecule has 0 spiro atoms. The predicted molar refractivity (Wildman–Crippen MR) is 102 cm³/mol. The summed E-state index contributed by atoms with van der Waals surface area (Å²) in [4.78, 5) is 27.3. The van der Waals surface area contributed by atoms with E-state index in [1.54, 1.807) is 0 Å². The summed E-state index contributed by atoms with van der Waals surface area (Å²) in [6, 6.07) is 9.77. The van der Waals surface area contributed by atoms with Crippen molar-refractivity contribution < 1.29 is 18.7 Å². The highest BCUT2D eigenvalue weighted by Crippen LogP contribution is 2.41. The van der Waals surface area contributed by atoms with Gasteiger partial charge in [-0.3, -0.25) is 9.59 Å². The second-order valence-corrected chi connectivity index (χ2v) is 7.75. The fourth-order valence-corrected chi connectivity index (χ4v) is 4.26. The van der Waals surface area contributed by atoms with Crippen molar-refractivity contribution in [2.24, 2.45) is 11.8 Å². The summed E-state index contributed by atoms with van der Waals surface area (Å²) in [6.45, 7) is 2.85. The molecule has 0 saturated heterocycles. The molecule has 2 atom stereocenters. The number of rotatable bonds is 6. The van der Waals surface area contributed by atoms with Crippen molar-refractivity contribution >= 4 is 22.8 Å². The van der Waals surface area contributed by atoms with Crippen molar-refractivity contribution in [2.75, 3.05) is 13.2 Å². The second kappa shape index (κ2) is 7.75. The molecule has 2 aliphatic rings. The van der Waals surface area contributed by atoms with Crippen molar-refractivity contribution in [3.8, 4) is 0 Å². The van der Waals surface area contributed by atoms with Crippen molar-refractivity contribution in [3.63, 3.8) is 0 Å². The minimum absolute atomic E-state index is 0.0485. The Morgan fingerprint density at radius 3 is 2.70 bits per heavy atom. The topological polar surface area (TPSA) is 59.8 Å². The Kier molecular flexibility index (Phi) is 5.19. The highest BCUT2D eigenvalue weighted by molar-refractivity contribution is 5.96. The number of nitrogens with zero attached hydrogens (tertiary/aromatic N) is 1. The van der Waals surface area contributed by atoms with Gasteiger partial charge >= 0.3 is 5.97 Å². The third-order valence-electron chi connectivity index (χ3n) is 5.86. The van der Waals surface area contributed by atoms with Gasteiger partial charge in [-0.25, -0.2) is 0 Å². The molecule has 0 unspecified atom stereocenters. The number of para-hydroxylation sites is 1. The van der Waals surface area contributed by atoms with Gasteiger partial charge in [0.25, 0.3) is 5.91 Å². The Morgan fingerprint density at radius 1 is 1.19 bits per heavy atom. The third-order valence-corrected chi connectivity index (χ3v) is 5.86.